The summed E-state index contributed by atoms with van der Waals surface area (Å²) in [6, 6.07) is 1.76. The molecule has 3 N–H and O–H groups in total. The van der Waals surface area contributed by atoms with Crippen molar-refractivity contribution in [1.82, 2.24) is 5.32 Å². The van der Waals surface area contributed by atoms with Gasteiger partial charge in [0.15, 0.2) is 5.76 Å². The number of hydrogen-bond acceptors (Lipinski definition) is 4. The highest BCUT2D eigenvalue weighted by molar-refractivity contribution is 5.97. The van der Waals surface area contributed by atoms with Gasteiger partial charge < -0.3 is 19.9 Å². The topological polar surface area (TPSA) is 99.8 Å². The Labute approximate surface area is 110 Å². The smallest absolute Gasteiger partial charge is 0.329 e. The van der Waals surface area contributed by atoms with Crippen LogP contribution in [0.1, 0.15) is 41.6 Å². The molecule has 2 rings (SSSR count). The third-order valence-corrected chi connectivity index (χ3v) is 3.45. The molecule has 0 spiro atoms. The number of aliphatic carboxylic acids is 1. The van der Waals surface area contributed by atoms with Gasteiger partial charge in [0.25, 0.3) is 5.91 Å². The molecule has 1 saturated carbocycles. The van der Waals surface area contributed by atoms with Crippen molar-refractivity contribution in [1.29, 1.82) is 0 Å². The fourth-order valence-electron chi connectivity index (χ4n) is 2.30. The van der Waals surface area contributed by atoms with Crippen molar-refractivity contribution in [2.45, 2.75) is 44.8 Å². The maximum absolute atomic E-state index is 12.1. The van der Waals surface area contributed by atoms with Gasteiger partial charge in [-0.2, -0.15) is 0 Å². The molecule has 1 aromatic rings. The lowest BCUT2D eigenvalue weighted by atomic mass is 9.74. The molecule has 19 heavy (non-hydrogen) atoms. The number of carboxylic acids is 1. The third kappa shape index (κ3) is 2.35. The summed E-state index contributed by atoms with van der Waals surface area (Å²) in [7, 11) is 0. The van der Waals surface area contributed by atoms with Crippen LogP contribution in [0.3, 0.4) is 0 Å². The van der Waals surface area contributed by atoms with E-state index in [2.05, 4.69) is 5.32 Å². The summed E-state index contributed by atoms with van der Waals surface area (Å²) < 4.78 is 5.38. The first-order valence-corrected chi connectivity index (χ1v) is 6.21. The molecule has 1 heterocycles. The molecule has 0 aliphatic heterocycles. The molecular formula is C13H17NO5. The first-order chi connectivity index (χ1) is 8.88. The maximum atomic E-state index is 12.1. The highest BCUT2D eigenvalue weighted by Crippen LogP contribution is 2.33. The summed E-state index contributed by atoms with van der Waals surface area (Å²) in [5, 5.41) is 20.9. The Bertz CT molecular complexity index is 513. The standard InChI is InChI=1S/C13H17NO5/c1-3-9-4-7(2)10(19-9)11(16)14-13(12(17)18)5-8(15)6-13/h4,8,15H,3,5-6H2,1-2H3,(H,14,16)(H,17,18). The summed E-state index contributed by atoms with van der Waals surface area (Å²) in [6.45, 7) is 3.64. The van der Waals surface area contributed by atoms with Gasteiger partial charge in [-0.15, -0.1) is 0 Å². The number of hydrogen-bond donors (Lipinski definition) is 3. The molecule has 104 valence electrons. The summed E-state index contributed by atoms with van der Waals surface area (Å²) >= 11 is 0. The fraction of sp³-hybridized carbons (Fsp3) is 0.538. The van der Waals surface area contributed by atoms with E-state index in [4.69, 9.17) is 9.52 Å². The lowest BCUT2D eigenvalue weighted by Gasteiger charge is -2.41. The van der Waals surface area contributed by atoms with Crippen LogP contribution in [0.25, 0.3) is 0 Å². The van der Waals surface area contributed by atoms with Crippen molar-refractivity contribution < 1.29 is 24.2 Å². The van der Waals surface area contributed by atoms with Gasteiger partial charge in [0, 0.05) is 24.8 Å². The van der Waals surface area contributed by atoms with Crippen LogP contribution < -0.4 is 5.32 Å². The van der Waals surface area contributed by atoms with Crippen molar-refractivity contribution in [3.05, 3.63) is 23.2 Å². The molecule has 1 amide bonds. The van der Waals surface area contributed by atoms with Crippen LogP contribution >= 0.6 is 0 Å². The molecule has 1 aromatic heterocycles. The van der Waals surface area contributed by atoms with Crippen LogP contribution in [-0.4, -0.2) is 33.7 Å². The second kappa shape index (κ2) is 4.70. The van der Waals surface area contributed by atoms with E-state index < -0.39 is 23.5 Å². The second-order valence-electron chi connectivity index (χ2n) is 4.98. The third-order valence-electron chi connectivity index (χ3n) is 3.45. The van der Waals surface area contributed by atoms with Crippen molar-refractivity contribution in [2.75, 3.05) is 0 Å². The number of amides is 1. The Morgan fingerprint density at radius 2 is 2.16 bits per heavy atom. The minimum atomic E-state index is -1.37. The first kappa shape index (κ1) is 13.6. The lowest BCUT2D eigenvalue weighted by Crippen LogP contribution is -2.64. The lowest BCUT2D eigenvalue weighted by molar-refractivity contribution is -0.153. The number of carbonyl (C=O) groups is 2. The second-order valence-corrected chi connectivity index (χ2v) is 4.98. The van der Waals surface area contributed by atoms with E-state index in [1.165, 1.54) is 0 Å². The Morgan fingerprint density at radius 1 is 1.53 bits per heavy atom. The van der Waals surface area contributed by atoms with Crippen LogP contribution in [0.5, 0.6) is 0 Å². The molecule has 1 aliphatic carbocycles. The highest BCUT2D eigenvalue weighted by atomic mass is 16.4. The quantitative estimate of drug-likeness (QED) is 0.751. The molecule has 6 heteroatoms. The van der Waals surface area contributed by atoms with Gasteiger partial charge in [-0.25, -0.2) is 4.79 Å². The van der Waals surface area contributed by atoms with Crippen LogP contribution in [0.4, 0.5) is 0 Å². The van der Waals surface area contributed by atoms with Crippen molar-refractivity contribution in [2.24, 2.45) is 0 Å². The number of aliphatic hydroxyl groups is 1. The number of carboxylic acid groups (broad SMARTS) is 1. The SMILES string of the molecule is CCc1cc(C)c(C(=O)NC2(C(=O)O)CC(O)C2)o1. The van der Waals surface area contributed by atoms with E-state index in [9.17, 15) is 14.7 Å². The largest absolute Gasteiger partial charge is 0.480 e. The van der Waals surface area contributed by atoms with Crippen LogP contribution in [0.15, 0.2) is 10.5 Å². The van der Waals surface area contributed by atoms with E-state index in [0.717, 1.165) is 0 Å². The van der Waals surface area contributed by atoms with Gasteiger partial charge in [-0.05, 0) is 13.0 Å². The maximum Gasteiger partial charge on any atom is 0.329 e. The van der Waals surface area contributed by atoms with Crippen molar-refractivity contribution >= 4 is 11.9 Å². The normalized spacial score (nSPS) is 25.7. The average molecular weight is 267 g/mol. The predicted octanol–water partition coefficient (Wildman–Crippen LogP) is 0.858. The molecule has 0 saturated heterocycles. The zero-order valence-corrected chi connectivity index (χ0v) is 10.9. The molecule has 0 aromatic carbocycles. The predicted molar refractivity (Wildman–Crippen MR) is 65.9 cm³/mol. The van der Waals surface area contributed by atoms with Crippen LogP contribution in [-0.2, 0) is 11.2 Å². The van der Waals surface area contributed by atoms with E-state index in [1.807, 2.05) is 6.92 Å². The van der Waals surface area contributed by atoms with Gasteiger partial charge in [0.1, 0.15) is 11.3 Å². The molecule has 6 nitrogen and oxygen atoms in total. The summed E-state index contributed by atoms with van der Waals surface area (Å²) in [6.07, 6.45) is 0.0279. The number of rotatable bonds is 4. The minimum absolute atomic E-state index is 0.0223. The van der Waals surface area contributed by atoms with Crippen molar-refractivity contribution in [3.8, 4) is 0 Å². The summed E-state index contributed by atoms with van der Waals surface area (Å²) in [5.41, 5.74) is -0.697. The number of nitrogens with one attached hydrogen (secondary N) is 1. The number of aliphatic hydroxyl groups excluding tert-OH is 1. The molecule has 1 fully saturated rings. The molecule has 0 unspecified atom stereocenters. The summed E-state index contributed by atoms with van der Waals surface area (Å²) in [4.78, 5) is 23.3. The zero-order chi connectivity index (χ0) is 14.2. The zero-order valence-electron chi connectivity index (χ0n) is 10.9. The molecule has 0 radical (unpaired) electrons. The molecule has 0 atom stereocenters. The van der Waals surface area contributed by atoms with Crippen LogP contribution in [0, 0.1) is 6.92 Å². The Balaban J connectivity index is 2.16. The molecule has 1 aliphatic rings. The molecular weight excluding hydrogens is 250 g/mol. The van der Waals surface area contributed by atoms with Gasteiger partial charge in [0.2, 0.25) is 0 Å². The average Bonchev–Trinajstić information content (AvgIpc) is 2.67. The number of carbonyl (C=O) groups excluding carboxylic acids is 1. The monoisotopic (exact) mass is 267 g/mol. The number of aryl methyl sites for hydroxylation is 2. The van der Waals surface area contributed by atoms with E-state index in [-0.39, 0.29) is 18.6 Å². The van der Waals surface area contributed by atoms with Gasteiger partial charge in [0.05, 0.1) is 6.10 Å². The Morgan fingerprint density at radius 3 is 2.58 bits per heavy atom. The van der Waals surface area contributed by atoms with Crippen molar-refractivity contribution in [3.63, 3.8) is 0 Å². The highest BCUT2D eigenvalue weighted by Gasteiger charge is 2.51. The van der Waals surface area contributed by atoms with Gasteiger partial charge in [-0.1, -0.05) is 6.92 Å². The fourth-order valence-corrected chi connectivity index (χ4v) is 2.30. The Kier molecular flexibility index (Phi) is 3.36. The van der Waals surface area contributed by atoms with E-state index >= 15 is 0 Å². The van der Waals surface area contributed by atoms with E-state index in [0.29, 0.717) is 17.7 Å². The van der Waals surface area contributed by atoms with Gasteiger partial charge in [-0.3, -0.25) is 4.79 Å². The van der Waals surface area contributed by atoms with Crippen LogP contribution in [0.2, 0.25) is 0 Å². The Hall–Kier alpha value is -1.82. The number of furan rings is 1. The first-order valence-electron chi connectivity index (χ1n) is 6.21. The summed E-state index contributed by atoms with van der Waals surface area (Å²) in [5.74, 6) is -0.864. The van der Waals surface area contributed by atoms with Gasteiger partial charge >= 0.3 is 5.97 Å². The minimum Gasteiger partial charge on any atom is -0.480 e. The van der Waals surface area contributed by atoms with E-state index in [1.54, 1.807) is 13.0 Å². The molecule has 0 bridgehead atoms.